The monoisotopic (exact) mass is 326 g/mol. The van der Waals surface area contributed by atoms with E-state index in [1.54, 1.807) is 12.1 Å². The smallest absolute Gasteiger partial charge is 0.242 e. The van der Waals surface area contributed by atoms with Gasteiger partial charge in [-0.25, -0.2) is 12.7 Å². The highest BCUT2D eigenvalue weighted by Crippen LogP contribution is 2.20. The Morgan fingerprint density at radius 3 is 2.36 bits per heavy atom. The van der Waals surface area contributed by atoms with Crippen LogP contribution in [0.2, 0.25) is 0 Å². The van der Waals surface area contributed by atoms with Gasteiger partial charge in [0.1, 0.15) is 0 Å². The number of halogens is 1. The van der Waals surface area contributed by atoms with Gasteiger partial charge in [-0.1, -0.05) is 0 Å². The molecule has 78 valence electrons. The van der Waals surface area contributed by atoms with Gasteiger partial charge in [0.2, 0.25) is 10.0 Å². The van der Waals surface area contributed by atoms with Gasteiger partial charge in [0.15, 0.2) is 0 Å². The van der Waals surface area contributed by atoms with Gasteiger partial charge in [-0.2, -0.15) is 0 Å². The van der Waals surface area contributed by atoms with E-state index in [0.29, 0.717) is 5.69 Å². The maximum absolute atomic E-state index is 11.7. The molecule has 0 spiro atoms. The average Bonchev–Trinajstić information content (AvgIpc) is 2.09. The van der Waals surface area contributed by atoms with Crippen molar-refractivity contribution in [3.8, 4) is 0 Å². The summed E-state index contributed by atoms with van der Waals surface area (Å²) < 4.78 is 25.3. The number of rotatable bonds is 2. The van der Waals surface area contributed by atoms with E-state index in [4.69, 9.17) is 5.73 Å². The summed E-state index contributed by atoms with van der Waals surface area (Å²) in [5, 5.41) is 0. The van der Waals surface area contributed by atoms with Crippen LogP contribution >= 0.6 is 22.6 Å². The van der Waals surface area contributed by atoms with Gasteiger partial charge in [-0.15, -0.1) is 0 Å². The van der Waals surface area contributed by atoms with Crippen molar-refractivity contribution in [2.45, 2.75) is 4.90 Å². The third-order valence-electron chi connectivity index (χ3n) is 1.75. The molecule has 2 N–H and O–H groups in total. The lowest BCUT2D eigenvalue weighted by Crippen LogP contribution is -2.22. The molecule has 0 radical (unpaired) electrons. The largest absolute Gasteiger partial charge is 0.398 e. The summed E-state index contributed by atoms with van der Waals surface area (Å²) in [5.74, 6) is 0. The van der Waals surface area contributed by atoms with E-state index >= 15 is 0 Å². The first-order chi connectivity index (χ1) is 6.35. The standard InChI is InChI=1S/C8H11IN2O2S/c1-11(2)14(12,13)6-3-4-8(10)7(9)5-6/h3-5H,10H2,1-2H3. The number of hydrogen-bond donors (Lipinski definition) is 1. The number of nitrogens with two attached hydrogens (primary N) is 1. The maximum atomic E-state index is 11.7. The van der Waals surface area contributed by atoms with Gasteiger partial charge < -0.3 is 5.73 Å². The zero-order valence-electron chi connectivity index (χ0n) is 7.86. The second-order valence-electron chi connectivity index (χ2n) is 2.97. The van der Waals surface area contributed by atoms with Gasteiger partial charge in [-0.3, -0.25) is 0 Å². The Morgan fingerprint density at radius 1 is 1.36 bits per heavy atom. The third-order valence-corrected chi connectivity index (χ3v) is 4.50. The van der Waals surface area contributed by atoms with Crippen molar-refractivity contribution < 1.29 is 8.42 Å². The lowest BCUT2D eigenvalue weighted by Gasteiger charge is -2.11. The average molecular weight is 326 g/mol. The quantitative estimate of drug-likeness (QED) is 0.654. The number of hydrogen-bond acceptors (Lipinski definition) is 3. The molecule has 4 nitrogen and oxygen atoms in total. The minimum atomic E-state index is -3.34. The van der Waals surface area contributed by atoms with Crippen LogP contribution in [0.1, 0.15) is 0 Å². The molecular formula is C8H11IN2O2S. The van der Waals surface area contributed by atoms with Crippen LogP contribution in [0.5, 0.6) is 0 Å². The molecule has 1 aromatic carbocycles. The zero-order chi connectivity index (χ0) is 10.9. The molecule has 0 aliphatic rings. The summed E-state index contributed by atoms with van der Waals surface area (Å²) in [6, 6.07) is 4.66. The van der Waals surface area contributed by atoms with Crippen LogP contribution in [0.25, 0.3) is 0 Å². The summed E-state index contributed by atoms with van der Waals surface area (Å²) in [5.41, 5.74) is 6.18. The Balaban J connectivity index is 3.29. The van der Waals surface area contributed by atoms with E-state index in [9.17, 15) is 8.42 Å². The molecule has 6 heteroatoms. The summed E-state index contributed by atoms with van der Waals surface area (Å²) >= 11 is 2.01. The lowest BCUT2D eigenvalue weighted by atomic mass is 10.3. The molecule has 0 atom stereocenters. The minimum Gasteiger partial charge on any atom is -0.398 e. The predicted octanol–water partition coefficient (Wildman–Crippen LogP) is 1.12. The van der Waals surface area contributed by atoms with Crippen LogP contribution in [0.3, 0.4) is 0 Å². The Kier molecular flexibility index (Phi) is 3.38. The maximum Gasteiger partial charge on any atom is 0.242 e. The van der Waals surface area contributed by atoms with E-state index in [1.165, 1.54) is 24.5 Å². The van der Waals surface area contributed by atoms with Crippen LogP contribution in [0.4, 0.5) is 5.69 Å². The first kappa shape index (κ1) is 11.7. The highest BCUT2D eigenvalue weighted by Gasteiger charge is 2.17. The summed E-state index contributed by atoms with van der Waals surface area (Å²) in [4.78, 5) is 0.265. The normalized spacial score (nSPS) is 12.0. The Labute approximate surface area is 97.3 Å². The number of anilines is 1. The van der Waals surface area contributed by atoms with Crippen molar-refractivity contribution in [1.29, 1.82) is 0 Å². The van der Waals surface area contributed by atoms with Gasteiger partial charge in [-0.05, 0) is 40.8 Å². The molecule has 1 aromatic rings. The molecule has 0 amide bonds. The molecule has 0 bridgehead atoms. The van der Waals surface area contributed by atoms with E-state index in [2.05, 4.69) is 0 Å². The SMILES string of the molecule is CN(C)S(=O)(=O)c1ccc(N)c(I)c1. The van der Waals surface area contributed by atoms with Crippen molar-refractivity contribution in [3.63, 3.8) is 0 Å². The van der Waals surface area contributed by atoms with Crippen molar-refractivity contribution in [2.24, 2.45) is 0 Å². The number of benzene rings is 1. The lowest BCUT2D eigenvalue weighted by molar-refractivity contribution is 0.520. The molecule has 0 fully saturated rings. The van der Waals surface area contributed by atoms with E-state index < -0.39 is 10.0 Å². The molecule has 0 aromatic heterocycles. The van der Waals surface area contributed by atoms with Crippen LogP contribution < -0.4 is 5.73 Å². The molecule has 0 aliphatic carbocycles. The number of nitrogens with zero attached hydrogens (tertiary/aromatic N) is 1. The third kappa shape index (κ3) is 2.18. The minimum absolute atomic E-state index is 0.265. The fourth-order valence-electron chi connectivity index (χ4n) is 0.879. The van der Waals surface area contributed by atoms with Gasteiger partial charge in [0, 0.05) is 23.4 Å². The second kappa shape index (κ2) is 4.03. The van der Waals surface area contributed by atoms with Crippen LogP contribution in [-0.4, -0.2) is 26.8 Å². The van der Waals surface area contributed by atoms with E-state index in [-0.39, 0.29) is 4.90 Å². The molecule has 1 rings (SSSR count). The first-order valence-electron chi connectivity index (χ1n) is 3.83. The molecule has 0 heterocycles. The van der Waals surface area contributed by atoms with Gasteiger partial charge in [0.05, 0.1) is 4.90 Å². The van der Waals surface area contributed by atoms with Crippen molar-refractivity contribution in [3.05, 3.63) is 21.8 Å². The van der Waals surface area contributed by atoms with Gasteiger partial charge >= 0.3 is 0 Å². The fourth-order valence-corrected chi connectivity index (χ4v) is 2.53. The second-order valence-corrected chi connectivity index (χ2v) is 6.28. The zero-order valence-corrected chi connectivity index (χ0v) is 10.8. The fraction of sp³-hybridized carbons (Fsp3) is 0.250. The predicted molar refractivity (Wildman–Crippen MR) is 64.4 cm³/mol. The first-order valence-corrected chi connectivity index (χ1v) is 6.35. The van der Waals surface area contributed by atoms with E-state index in [1.807, 2.05) is 22.6 Å². The van der Waals surface area contributed by atoms with E-state index in [0.717, 1.165) is 3.57 Å². The van der Waals surface area contributed by atoms with Crippen molar-refractivity contribution in [2.75, 3.05) is 19.8 Å². The topological polar surface area (TPSA) is 63.4 Å². The van der Waals surface area contributed by atoms with Crippen molar-refractivity contribution >= 4 is 38.3 Å². The molecule has 0 saturated heterocycles. The summed E-state index contributed by atoms with van der Waals surface area (Å²) in [7, 11) is -0.346. The molecule has 14 heavy (non-hydrogen) atoms. The highest BCUT2D eigenvalue weighted by molar-refractivity contribution is 14.1. The van der Waals surface area contributed by atoms with Crippen molar-refractivity contribution in [1.82, 2.24) is 4.31 Å². The van der Waals surface area contributed by atoms with Crippen LogP contribution in [0, 0.1) is 3.57 Å². The number of nitrogen functional groups attached to an aromatic ring is 1. The van der Waals surface area contributed by atoms with Crippen LogP contribution in [-0.2, 0) is 10.0 Å². The molecule has 0 saturated carbocycles. The summed E-state index contributed by atoms with van der Waals surface area (Å²) in [6.07, 6.45) is 0. The Bertz CT molecular complexity index is 443. The highest BCUT2D eigenvalue weighted by atomic mass is 127. The van der Waals surface area contributed by atoms with Crippen LogP contribution in [0.15, 0.2) is 23.1 Å². The Hall–Kier alpha value is -0.340. The Morgan fingerprint density at radius 2 is 1.93 bits per heavy atom. The molecular weight excluding hydrogens is 315 g/mol. The van der Waals surface area contributed by atoms with Gasteiger partial charge in [0.25, 0.3) is 0 Å². The number of sulfonamides is 1. The summed E-state index contributed by atoms with van der Waals surface area (Å²) in [6.45, 7) is 0. The molecule has 0 unspecified atom stereocenters. The molecule has 0 aliphatic heterocycles.